The van der Waals surface area contributed by atoms with Gasteiger partial charge in [-0.1, -0.05) is 60.1 Å². The Morgan fingerprint density at radius 1 is 1.20 bits per heavy atom. The van der Waals surface area contributed by atoms with E-state index in [9.17, 15) is 4.79 Å². The molecule has 0 spiro atoms. The average Bonchev–Trinajstić information content (AvgIpc) is 2.72. The summed E-state index contributed by atoms with van der Waals surface area (Å²) in [7, 11) is 0. The number of fused-ring (bicyclic) bond motifs is 1. The lowest BCUT2D eigenvalue weighted by molar-refractivity contribution is -0.127. The zero-order valence-electron chi connectivity index (χ0n) is 14.3. The number of aliphatic imine (C=N–C) groups is 1. The molecule has 0 aliphatic carbocycles. The molecular weight excluding hydrogens is 380 g/mol. The molecule has 0 saturated heterocycles. The lowest BCUT2D eigenvalue weighted by atomic mass is 10.0. The monoisotopic (exact) mass is 400 g/mol. The highest BCUT2D eigenvalue weighted by Crippen LogP contribution is 2.27. The maximum atomic E-state index is 12.6. The summed E-state index contributed by atoms with van der Waals surface area (Å²) < 4.78 is 6.72. The van der Waals surface area contributed by atoms with Crippen LogP contribution in [0.25, 0.3) is 0 Å². The summed E-state index contributed by atoms with van der Waals surface area (Å²) >= 11 is 3.51. The molecule has 1 heterocycles. The standard InChI is InChI=1S/C20H21BrN2O2/c1-13(2)10-11-25-20-19(24)22-17-9-8-15(21)12-16(17)18(23-20)14-6-4-3-5-7-14/h3-9,12-13,20H,10-11H2,1-2H3,(H,22,24). The minimum atomic E-state index is -0.847. The summed E-state index contributed by atoms with van der Waals surface area (Å²) in [4.78, 5) is 17.2. The molecule has 0 aromatic heterocycles. The van der Waals surface area contributed by atoms with Crippen molar-refractivity contribution in [3.8, 4) is 0 Å². The number of benzodiazepines with no additional fused rings is 1. The van der Waals surface area contributed by atoms with Crippen LogP contribution in [-0.2, 0) is 9.53 Å². The largest absolute Gasteiger partial charge is 0.348 e. The Morgan fingerprint density at radius 2 is 1.96 bits per heavy atom. The number of ether oxygens (including phenoxy) is 1. The van der Waals surface area contributed by atoms with Gasteiger partial charge in [-0.25, -0.2) is 4.99 Å². The number of amides is 1. The highest BCUT2D eigenvalue weighted by Gasteiger charge is 2.26. The zero-order valence-corrected chi connectivity index (χ0v) is 15.9. The molecule has 130 valence electrons. The van der Waals surface area contributed by atoms with Crippen molar-refractivity contribution in [1.29, 1.82) is 0 Å². The number of rotatable bonds is 5. The van der Waals surface area contributed by atoms with E-state index >= 15 is 0 Å². The Labute approximate surface area is 156 Å². The quantitative estimate of drug-likeness (QED) is 0.795. The lowest BCUT2D eigenvalue weighted by Crippen LogP contribution is -2.28. The average molecular weight is 401 g/mol. The molecule has 25 heavy (non-hydrogen) atoms. The second kappa shape index (κ2) is 7.93. The number of halogens is 1. The molecule has 0 fully saturated rings. The van der Waals surface area contributed by atoms with Crippen molar-refractivity contribution >= 4 is 33.2 Å². The Hall–Kier alpha value is -1.98. The van der Waals surface area contributed by atoms with Gasteiger partial charge in [0.1, 0.15) is 0 Å². The fourth-order valence-corrected chi connectivity index (χ4v) is 2.98. The first-order valence-electron chi connectivity index (χ1n) is 8.40. The number of hydrogen-bond donors (Lipinski definition) is 1. The number of carbonyl (C=O) groups is 1. The molecule has 1 aliphatic heterocycles. The summed E-state index contributed by atoms with van der Waals surface area (Å²) in [5.41, 5.74) is 3.33. The maximum absolute atomic E-state index is 12.6. The number of benzene rings is 2. The minimum Gasteiger partial charge on any atom is -0.348 e. The van der Waals surface area contributed by atoms with Crippen molar-refractivity contribution in [2.24, 2.45) is 10.9 Å². The zero-order chi connectivity index (χ0) is 17.8. The number of anilines is 1. The molecule has 3 rings (SSSR count). The van der Waals surface area contributed by atoms with Crippen LogP contribution in [0, 0.1) is 5.92 Å². The number of nitrogens with zero attached hydrogens (tertiary/aromatic N) is 1. The van der Waals surface area contributed by atoms with Crippen LogP contribution >= 0.6 is 15.9 Å². The summed E-state index contributed by atoms with van der Waals surface area (Å²) in [6, 6.07) is 15.6. The van der Waals surface area contributed by atoms with E-state index in [0.717, 1.165) is 33.4 Å². The van der Waals surface area contributed by atoms with Crippen molar-refractivity contribution in [2.75, 3.05) is 11.9 Å². The smallest absolute Gasteiger partial charge is 0.276 e. The normalized spacial score (nSPS) is 16.9. The fraction of sp³-hybridized carbons (Fsp3) is 0.300. The molecule has 5 heteroatoms. The molecular formula is C20H21BrN2O2. The number of hydrogen-bond acceptors (Lipinski definition) is 3. The van der Waals surface area contributed by atoms with Crippen LogP contribution < -0.4 is 5.32 Å². The molecule has 2 aromatic carbocycles. The van der Waals surface area contributed by atoms with Gasteiger partial charge in [-0.3, -0.25) is 4.79 Å². The van der Waals surface area contributed by atoms with E-state index in [2.05, 4.69) is 40.1 Å². The summed E-state index contributed by atoms with van der Waals surface area (Å²) in [6.07, 6.45) is 0.0403. The summed E-state index contributed by atoms with van der Waals surface area (Å²) in [6.45, 7) is 4.76. The molecule has 0 radical (unpaired) electrons. The number of carbonyl (C=O) groups excluding carboxylic acids is 1. The van der Waals surface area contributed by atoms with Gasteiger partial charge in [-0.15, -0.1) is 0 Å². The van der Waals surface area contributed by atoms with Crippen LogP contribution in [0.2, 0.25) is 0 Å². The summed E-state index contributed by atoms with van der Waals surface area (Å²) in [5, 5.41) is 2.94. The first-order chi connectivity index (χ1) is 12.0. The first kappa shape index (κ1) is 17.8. The van der Waals surface area contributed by atoms with Crippen LogP contribution in [0.5, 0.6) is 0 Å². The number of nitrogens with one attached hydrogen (secondary N) is 1. The maximum Gasteiger partial charge on any atom is 0.276 e. The van der Waals surface area contributed by atoms with E-state index in [1.54, 1.807) is 0 Å². The highest BCUT2D eigenvalue weighted by atomic mass is 79.9. The van der Waals surface area contributed by atoms with Gasteiger partial charge >= 0.3 is 0 Å². The van der Waals surface area contributed by atoms with Gasteiger partial charge in [0.05, 0.1) is 18.0 Å². The molecule has 1 N–H and O–H groups in total. The van der Waals surface area contributed by atoms with Gasteiger partial charge in [0, 0.05) is 15.6 Å². The fourth-order valence-electron chi connectivity index (χ4n) is 2.62. The van der Waals surface area contributed by atoms with Crippen molar-refractivity contribution in [2.45, 2.75) is 26.5 Å². The Morgan fingerprint density at radius 3 is 2.68 bits per heavy atom. The predicted octanol–water partition coefficient (Wildman–Crippen LogP) is 4.63. The van der Waals surface area contributed by atoms with Crippen LogP contribution in [0.1, 0.15) is 31.4 Å². The van der Waals surface area contributed by atoms with Crippen molar-refractivity contribution in [1.82, 2.24) is 0 Å². The van der Waals surface area contributed by atoms with E-state index in [-0.39, 0.29) is 5.91 Å². The molecule has 1 aliphatic rings. The molecule has 2 aromatic rings. The Kier molecular flexibility index (Phi) is 5.66. The second-order valence-corrected chi connectivity index (χ2v) is 7.34. The van der Waals surface area contributed by atoms with Crippen LogP contribution in [0.4, 0.5) is 5.69 Å². The Bertz CT molecular complexity index is 788. The molecule has 0 saturated carbocycles. The van der Waals surface area contributed by atoms with E-state index in [1.807, 2.05) is 48.5 Å². The van der Waals surface area contributed by atoms with E-state index in [0.29, 0.717) is 12.5 Å². The Balaban J connectivity index is 2.01. The molecule has 1 amide bonds. The molecule has 1 atom stereocenters. The SMILES string of the molecule is CC(C)CCOC1N=C(c2ccccc2)c2cc(Br)ccc2NC1=O. The minimum absolute atomic E-state index is 0.238. The third-order valence-corrected chi connectivity index (χ3v) is 4.48. The van der Waals surface area contributed by atoms with Crippen LogP contribution in [-0.4, -0.2) is 24.5 Å². The predicted molar refractivity (Wildman–Crippen MR) is 104 cm³/mol. The van der Waals surface area contributed by atoms with Crippen LogP contribution in [0.15, 0.2) is 58.0 Å². The van der Waals surface area contributed by atoms with Gasteiger partial charge in [0.2, 0.25) is 6.23 Å². The molecule has 1 unspecified atom stereocenters. The second-order valence-electron chi connectivity index (χ2n) is 6.43. The van der Waals surface area contributed by atoms with Crippen molar-refractivity contribution in [3.05, 3.63) is 64.1 Å². The van der Waals surface area contributed by atoms with Crippen molar-refractivity contribution in [3.63, 3.8) is 0 Å². The highest BCUT2D eigenvalue weighted by molar-refractivity contribution is 9.10. The third-order valence-electron chi connectivity index (χ3n) is 3.98. The van der Waals surface area contributed by atoms with Crippen molar-refractivity contribution < 1.29 is 9.53 Å². The summed E-state index contributed by atoms with van der Waals surface area (Å²) in [5.74, 6) is 0.276. The topological polar surface area (TPSA) is 50.7 Å². The molecule has 0 bridgehead atoms. The third kappa shape index (κ3) is 4.35. The molecule has 4 nitrogen and oxygen atoms in total. The lowest BCUT2D eigenvalue weighted by Gasteiger charge is -2.13. The van der Waals surface area contributed by atoms with E-state index < -0.39 is 6.23 Å². The van der Waals surface area contributed by atoms with E-state index in [4.69, 9.17) is 4.74 Å². The van der Waals surface area contributed by atoms with Crippen LogP contribution in [0.3, 0.4) is 0 Å². The van der Waals surface area contributed by atoms with Gasteiger partial charge in [0.15, 0.2) is 0 Å². The van der Waals surface area contributed by atoms with Gasteiger partial charge < -0.3 is 10.1 Å². The van der Waals surface area contributed by atoms with E-state index in [1.165, 1.54) is 0 Å². The van der Waals surface area contributed by atoms with Gasteiger partial charge in [-0.05, 0) is 30.5 Å². The van der Waals surface area contributed by atoms with Gasteiger partial charge in [-0.2, -0.15) is 0 Å². The first-order valence-corrected chi connectivity index (χ1v) is 9.19. The van der Waals surface area contributed by atoms with Gasteiger partial charge in [0.25, 0.3) is 5.91 Å².